The lowest BCUT2D eigenvalue weighted by Crippen LogP contribution is -2.27. The third-order valence-corrected chi connectivity index (χ3v) is 4.35. The Labute approximate surface area is 162 Å². The summed E-state index contributed by atoms with van der Waals surface area (Å²) in [7, 11) is 0. The Morgan fingerprint density at radius 3 is 2.59 bits per heavy atom. The molecule has 6 nitrogen and oxygen atoms in total. The molecule has 0 saturated carbocycles. The average Bonchev–Trinajstić information content (AvgIpc) is 2.70. The molecule has 1 heterocycles. The Hall–Kier alpha value is -2.73. The van der Waals surface area contributed by atoms with Crippen LogP contribution in [-0.2, 0) is 11.3 Å². The van der Waals surface area contributed by atoms with Crippen LogP contribution in [0.2, 0.25) is 5.02 Å². The maximum absolute atomic E-state index is 12.0. The third kappa shape index (κ3) is 5.37. The highest BCUT2D eigenvalue weighted by atomic mass is 35.5. The highest BCUT2D eigenvalue weighted by molar-refractivity contribution is 6.30. The van der Waals surface area contributed by atoms with Crippen LogP contribution < -0.4 is 20.1 Å². The number of fused-ring (bicyclic) bond motifs is 1. The first kappa shape index (κ1) is 19.0. The van der Waals surface area contributed by atoms with Gasteiger partial charge >= 0.3 is 0 Å². The van der Waals surface area contributed by atoms with Gasteiger partial charge in [0.15, 0.2) is 11.5 Å². The second kappa shape index (κ2) is 9.28. The van der Waals surface area contributed by atoms with Crippen LogP contribution in [0.1, 0.15) is 28.8 Å². The van der Waals surface area contributed by atoms with Gasteiger partial charge in [-0.2, -0.15) is 0 Å². The molecule has 7 heteroatoms. The fourth-order valence-corrected chi connectivity index (χ4v) is 2.84. The van der Waals surface area contributed by atoms with Gasteiger partial charge in [-0.15, -0.1) is 0 Å². The van der Waals surface area contributed by atoms with Gasteiger partial charge in [-0.25, -0.2) is 0 Å². The fourth-order valence-electron chi connectivity index (χ4n) is 2.71. The van der Waals surface area contributed by atoms with Crippen molar-refractivity contribution >= 4 is 23.4 Å². The molecule has 142 valence electrons. The second-order valence-electron chi connectivity index (χ2n) is 6.08. The van der Waals surface area contributed by atoms with Crippen molar-refractivity contribution in [1.82, 2.24) is 10.6 Å². The smallest absolute Gasteiger partial charge is 0.251 e. The molecule has 0 unspecified atom stereocenters. The summed E-state index contributed by atoms with van der Waals surface area (Å²) in [5.41, 5.74) is 1.43. The molecule has 0 atom stereocenters. The van der Waals surface area contributed by atoms with Gasteiger partial charge in [0.1, 0.15) is 13.2 Å². The Kier molecular flexibility index (Phi) is 6.54. The van der Waals surface area contributed by atoms with E-state index in [0.29, 0.717) is 61.2 Å². The van der Waals surface area contributed by atoms with Crippen molar-refractivity contribution in [2.75, 3.05) is 19.8 Å². The lowest BCUT2D eigenvalue weighted by atomic mass is 10.1. The molecule has 0 radical (unpaired) electrons. The van der Waals surface area contributed by atoms with Crippen molar-refractivity contribution in [2.45, 2.75) is 19.4 Å². The van der Waals surface area contributed by atoms with Crippen LogP contribution >= 0.6 is 11.6 Å². The molecule has 27 heavy (non-hydrogen) atoms. The lowest BCUT2D eigenvalue weighted by molar-refractivity contribution is -0.121. The molecule has 0 saturated heterocycles. The molecule has 0 aliphatic carbocycles. The first-order valence-corrected chi connectivity index (χ1v) is 9.19. The lowest BCUT2D eigenvalue weighted by Gasteiger charge is -2.21. The number of hydrogen-bond acceptors (Lipinski definition) is 4. The highest BCUT2D eigenvalue weighted by Gasteiger charge is 2.15. The summed E-state index contributed by atoms with van der Waals surface area (Å²) < 4.78 is 11.2. The molecule has 0 aromatic heterocycles. The van der Waals surface area contributed by atoms with Gasteiger partial charge in [0.2, 0.25) is 5.91 Å². The van der Waals surface area contributed by atoms with Crippen molar-refractivity contribution in [3.8, 4) is 11.5 Å². The SMILES string of the molecule is O=C(CCCNC(=O)c1ccc(Cl)cc1)NCc1cccc2c1OCCO2. The second-order valence-corrected chi connectivity index (χ2v) is 6.52. The Morgan fingerprint density at radius 1 is 1.00 bits per heavy atom. The molecular formula is C20H21ClN2O4. The topological polar surface area (TPSA) is 76.7 Å². The molecule has 1 aliphatic heterocycles. The standard InChI is InChI=1S/C20H21ClN2O4/c21-16-8-6-14(7-9-16)20(25)22-10-2-5-18(24)23-13-15-3-1-4-17-19(15)27-12-11-26-17/h1,3-4,6-9H,2,5,10-13H2,(H,22,25)(H,23,24). The van der Waals surface area contributed by atoms with Gasteiger partial charge in [-0.1, -0.05) is 23.7 Å². The van der Waals surface area contributed by atoms with Crippen molar-refractivity contribution in [3.63, 3.8) is 0 Å². The van der Waals surface area contributed by atoms with Crippen molar-refractivity contribution in [3.05, 3.63) is 58.6 Å². The molecule has 0 bridgehead atoms. The minimum absolute atomic E-state index is 0.0786. The van der Waals surface area contributed by atoms with Crippen LogP contribution in [0.25, 0.3) is 0 Å². The van der Waals surface area contributed by atoms with Crippen LogP contribution in [0, 0.1) is 0 Å². The minimum Gasteiger partial charge on any atom is -0.486 e. The van der Waals surface area contributed by atoms with Crippen molar-refractivity contribution in [2.24, 2.45) is 0 Å². The molecule has 0 spiro atoms. The molecule has 3 rings (SSSR count). The summed E-state index contributed by atoms with van der Waals surface area (Å²) in [4.78, 5) is 24.0. The number of carbonyl (C=O) groups is 2. The Morgan fingerprint density at radius 2 is 1.78 bits per heavy atom. The van der Waals surface area contributed by atoms with Gasteiger partial charge in [0, 0.05) is 35.7 Å². The van der Waals surface area contributed by atoms with E-state index in [4.69, 9.17) is 21.1 Å². The zero-order chi connectivity index (χ0) is 19.1. The Bertz CT molecular complexity index is 808. The predicted molar refractivity (Wildman–Crippen MR) is 102 cm³/mol. The first-order chi connectivity index (χ1) is 13.1. The number of nitrogens with one attached hydrogen (secondary N) is 2. The van der Waals surface area contributed by atoms with E-state index in [1.165, 1.54) is 0 Å². The normalized spacial score (nSPS) is 12.3. The zero-order valence-electron chi connectivity index (χ0n) is 14.8. The maximum Gasteiger partial charge on any atom is 0.251 e. The van der Waals surface area contributed by atoms with Gasteiger partial charge in [-0.3, -0.25) is 9.59 Å². The summed E-state index contributed by atoms with van der Waals surface area (Å²) >= 11 is 5.80. The summed E-state index contributed by atoms with van der Waals surface area (Å²) in [5.74, 6) is 1.14. The number of para-hydroxylation sites is 1. The number of benzene rings is 2. The summed E-state index contributed by atoms with van der Waals surface area (Å²) in [6.07, 6.45) is 0.880. The molecule has 2 N–H and O–H groups in total. The van der Waals surface area contributed by atoms with Gasteiger partial charge in [-0.05, 0) is 36.8 Å². The Balaban J connectivity index is 1.38. The van der Waals surface area contributed by atoms with E-state index in [0.717, 1.165) is 5.56 Å². The zero-order valence-corrected chi connectivity index (χ0v) is 15.6. The molecule has 1 aliphatic rings. The number of ether oxygens (including phenoxy) is 2. The molecule has 2 amide bonds. The number of halogens is 1. The molecule has 2 aromatic carbocycles. The molecule has 2 aromatic rings. The van der Waals surface area contributed by atoms with Crippen molar-refractivity contribution in [1.29, 1.82) is 0 Å². The largest absolute Gasteiger partial charge is 0.486 e. The number of hydrogen-bond donors (Lipinski definition) is 2. The van der Waals surface area contributed by atoms with Crippen LogP contribution in [0.15, 0.2) is 42.5 Å². The van der Waals surface area contributed by atoms with Crippen LogP contribution in [0.4, 0.5) is 0 Å². The van der Waals surface area contributed by atoms with Crippen LogP contribution in [-0.4, -0.2) is 31.6 Å². The molecule has 0 fully saturated rings. The highest BCUT2D eigenvalue weighted by Crippen LogP contribution is 2.33. The van der Waals surface area contributed by atoms with E-state index in [1.807, 2.05) is 18.2 Å². The number of rotatable bonds is 7. The first-order valence-electron chi connectivity index (χ1n) is 8.81. The third-order valence-electron chi connectivity index (χ3n) is 4.10. The van der Waals surface area contributed by atoms with Gasteiger partial charge in [0.25, 0.3) is 5.91 Å². The van der Waals surface area contributed by atoms with Crippen molar-refractivity contribution < 1.29 is 19.1 Å². The van der Waals surface area contributed by atoms with E-state index in [2.05, 4.69) is 10.6 Å². The fraction of sp³-hybridized carbons (Fsp3) is 0.300. The number of carbonyl (C=O) groups excluding carboxylic acids is 2. The molecular weight excluding hydrogens is 368 g/mol. The van der Waals surface area contributed by atoms with E-state index in [1.54, 1.807) is 24.3 Å². The summed E-state index contributed by atoms with van der Waals surface area (Å²) in [6.45, 7) is 1.84. The van der Waals surface area contributed by atoms with E-state index in [-0.39, 0.29) is 11.8 Å². The quantitative estimate of drug-likeness (QED) is 0.715. The van der Waals surface area contributed by atoms with Crippen LogP contribution in [0.3, 0.4) is 0 Å². The minimum atomic E-state index is -0.180. The van der Waals surface area contributed by atoms with E-state index < -0.39 is 0 Å². The van der Waals surface area contributed by atoms with Gasteiger partial charge < -0.3 is 20.1 Å². The maximum atomic E-state index is 12.0. The monoisotopic (exact) mass is 388 g/mol. The van der Waals surface area contributed by atoms with Gasteiger partial charge in [0.05, 0.1) is 0 Å². The summed E-state index contributed by atoms with van der Waals surface area (Å²) in [6, 6.07) is 12.3. The predicted octanol–water partition coefficient (Wildman–Crippen LogP) is 2.94. The van der Waals surface area contributed by atoms with E-state index in [9.17, 15) is 9.59 Å². The number of amides is 2. The van der Waals surface area contributed by atoms with Crippen LogP contribution in [0.5, 0.6) is 11.5 Å². The average molecular weight is 389 g/mol. The summed E-state index contributed by atoms with van der Waals surface area (Å²) in [5, 5.41) is 6.25. The van der Waals surface area contributed by atoms with E-state index >= 15 is 0 Å².